The van der Waals surface area contributed by atoms with Crippen LogP contribution in [-0.4, -0.2) is 24.1 Å². The zero-order valence-corrected chi connectivity index (χ0v) is 38.5. The summed E-state index contributed by atoms with van der Waals surface area (Å²) in [4.78, 5) is 15.0. The highest BCUT2D eigenvalue weighted by Crippen LogP contribution is 2.45. The molecule has 342 valence electrons. The Bertz CT molecular complexity index is 4130. The van der Waals surface area contributed by atoms with Crippen molar-refractivity contribution in [1.29, 1.82) is 0 Å². The van der Waals surface area contributed by atoms with Crippen LogP contribution in [0, 0.1) is 0 Å². The molecule has 0 aliphatic heterocycles. The van der Waals surface area contributed by atoms with Crippen molar-refractivity contribution in [2.75, 3.05) is 0 Å². The molecule has 0 unspecified atom stereocenters. The predicted molar refractivity (Wildman–Crippen MR) is 286 cm³/mol. The molecule has 0 atom stereocenters. The lowest BCUT2D eigenvalue weighted by molar-refractivity contribution is -0.137. The lowest BCUT2D eigenvalue weighted by Gasteiger charge is -2.21. The van der Waals surface area contributed by atoms with Gasteiger partial charge in [-0.3, -0.25) is 0 Å². The van der Waals surface area contributed by atoms with Gasteiger partial charge in [-0.2, -0.15) is 13.2 Å². The average Bonchev–Trinajstić information content (AvgIpc) is 3.95. The highest BCUT2D eigenvalue weighted by atomic mass is 19.4. The third kappa shape index (κ3) is 7.40. The van der Waals surface area contributed by atoms with Gasteiger partial charge < -0.3 is 9.13 Å². The topological polar surface area (TPSA) is 48.5 Å². The van der Waals surface area contributed by atoms with E-state index in [-0.39, 0.29) is 5.56 Å². The van der Waals surface area contributed by atoms with Crippen LogP contribution in [0.5, 0.6) is 0 Å². The minimum Gasteiger partial charge on any atom is -0.309 e. The Hall–Kier alpha value is -9.40. The average molecular weight is 936 g/mol. The molecule has 0 N–H and O–H groups in total. The summed E-state index contributed by atoms with van der Waals surface area (Å²) < 4.78 is 52.1. The van der Waals surface area contributed by atoms with Crippen molar-refractivity contribution >= 4 is 43.6 Å². The van der Waals surface area contributed by atoms with E-state index in [9.17, 15) is 0 Å². The van der Waals surface area contributed by atoms with E-state index in [2.05, 4.69) is 81.9 Å². The van der Waals surface area contributed by atoms with E-state index in [4.69, 9.17) is 15.0 Å². The van der Waals surface area contributed by atoms with Crippen LogP contribution in [0.15, 0.2) is 243 Å². The standard InChI is InChI=1S/C64H40F3N5/c65-64(66,67)55-33-32-48(71-56-27-15-13-25-49(56)52-37-45(29-34-58(52)71)41-17-5-1-6-18-41)40-51(55)54-39-47(63-69-61(43-21-9-3-10-22-43)68-62(70-63)44-23-11-4-12-24-44)31-36-60(54)72-57-28-16-14-26-50(57)53-38-46(30-35-59(53)72)42-19-7-2-8-20-42/h1-40H. The molecule has 10 aromatic carbocycles. The van der Waals surface area contributed by atoms with E-state index in [1.807, 2.05) is 152 Å². The molecule has 0 amide bonds. The second-order valence-electron chi connectivity index (χ2n) is 17.9. The molecular weight excluding hydrogens is 896 g/mol. The van der Waals surface area contributed by atoms with Crippen molar-refractivity contribution < 1.29 is 13.2 Å². The van der Waals surface area contributed by atoms with Crippen LogP contribution in [0.3, 0.4) is 0 Å². The summed E-state index contributed by atoms with van der Waals surface area (Å²) in [6.07, 6.45) is -4.73. The molecule has 13 rings (SSSR count). The highest BCUT2D eigenvalue weighted by molar-refractivity contribution is 6.12. The van der Waals surface area contributed by atoms with Crippen LogP contribution >= 0.6 is 0 Å². The van der Waals surface area contributed by atoms with Crippen molar-refractivity contribution in [1.82, 2.24) is 24.1 Å². The van der Waals surface area contributed by atoms with E-state index in [0.29, 0.717) is 40.0 Å². The van der Waals surface area contributed by atoms with Crippen LogP contribution in [0.2, 0.25) is 0 Å². The molecule has 0 saturated heterocycles. The third-order valence-electron chi connectivity index (χ3n) is 13.6. The van der Waals surface area contributed by atoms with Crippen LogP contribution in [0.1, 0.15) is 5.56 Å². The number of hydrogen-bond donors (Lipinski definition) is 0. The highest BCUT2D eigenvalue weighted by Gasteiger charge is 2.35. The summed E-state index contributed by atoms with van der Waals surface area (Å²) in [7, 11) is 0. The molecular formula is C64H40F3N5. The number of fused-ring (bicyclic) bond motifs is 6. The minimum absolute atomic E-state index is 0.0103. The van der Waals surface area contributed by atoms with Gasteiger partial charge in [0.25, 0.3) is 0 Å². The number of halogens is 3. The fourth-order valence-corrected chi connectivity index (χ4v) is 10.3. The fourth-order valence-electron chi connectivity index (χ4n) is 10.3. The minimum atomic E-state index is -4.73. The number of rotatable bonds is 8. The molecule has 0 aliphatic rings. The van der Waals surface area contributed by atoms with E-state index >= 15 is 13.2 Å². The first kappa shape index (κ1) is 42.7. The summed E-state index contributed by atoms with van der Waals surface area (Å²) in [6.45, 7) is 0. The van der Waals surface area contributed by atoms with Gasteiger partial charge in [-0.25, -0.2) is 15.0 Å². The lowest BCUT2D eigenvalue weighted by atomic mass is 9.94. The van der Waals surface area contributed by atoms with Gasteiger partial charge in [-0.05, 0) is 101 Å². The summed E-state index contributed by atoms with van der Waals surface area (Å²) in [5.74, 6) is 1.22. The van der Waals surface area contributed by atoms with Crippen LogP contribution < -0.4 is 0 Å². The van der Waals surface area contributed by atoms with E-state index in [1.54, 1.807) is 12.1 Å². The zero-order chi connectivity index (χ0) is 48.3. The van der Waals surface area contributed by atoms with Crippen molar-refractivity contribution in [3.8, 4) is 78.9 Å². The van der Waals surface area contributed by atoms with E-state index in [0.717, 1.165) is 77.0 Å². The predicted octanol–water partition coefficient (Wildman–Crippen LogP) is 17.1. The Balaban J connectivity index is 1.10. The van der Waals surface area contributed by atoms with Gasteiger partial charge in [-0.15, -0.1) is 0 Å². The maximum atomic E-state index is 16.0. The van der Waals surface area contributed by atoms with E-state index < -0.39 is 11.7 Å². The van der Waals surface area contributed by atoms with Gasteiger partial charge in [0.2, 0.25) is 0 Å². The molecule has 0 aliphatic carbocycles. The Morgan fingerprint density at radius 2 is 0.708 bits per heavy atom. The molecule has 72 heavy (non-hydrogen) atoms. The van der Waals surface area contributed by atoms with Crippen LogP contribution in [0.4, 0.5) is 13.2 Å². The molecule has 8 heteroatoms. The summed E-state index contributed by atoms with van der Waals surface area (Å²) in [5, 5.41) is 3.94. The SMILES string of the molecule is FC(F)(F)c1ccc(-n2c3ccccc3c3cc(-c4ccccc4)ccc32)cc1-c1cc(-c2nc(-c3ccccc3)nc(-c3ccccc3)n2)ccc1-n1c2ccccc2c2cc(-c3ccccc3)ccc21. The number of para-hydroxylation sites is 2. The number of aromatic nitrogens is 5. The van der Waals surface area contributed by atoms with Crippen LogP contribution in [0.25, 0.3) is 123 Å². The molecule has 3 heterocycles. The first-order valence-corrected chi connectivity index (χ1v) is 23.7. The number of nitrogens with zero attached hydrogens (tertiary/aromatic N) is 5. The molecule has 0 fully saturated rings. The summed E-state index contributed by atoms with van der Waals surface area (Å²) in [6, 6.07) is 78.6. The van der Waals surface area contributed by atoms with Gasteiger partial charge >= 0.3 is 6.18 Å². The Labute approximate surface area is 412 Å². The lowest BCUT2D eigenvalue weighted by Crippen LogP contribution is -2.10. The second-order valence-corrected chi connectivity index (χ2v) is 17.9. The van der Waals surface area contributed by atoms with E-state index in [1.165, 1.54) is 6.07 Å². The molecule has 0 saturated carbocycles. The number of hydrogen-bond acceptors (Lipinski definition) is 3. The van der Waals surface area contributed by atoms with Gasteiger partial charge in [0, 0.05) is 49.5 Å². The molecule has 13 aromatic rings. The maximum Gasteiger partial charge on any atom is 0.417 e. The van der Waals surface area contributed by atoms with Gasteiger partial charge in [0.15, 0.2) is 17.5 Å². The smallest absolute Gasteiger partial charge is 0.309 e. The van der Waals surface area contributed by atoms with Gasteiger partial charge in [0.05, 0.1) is 33.3 Å². The van der Waals surface area contributed by atoms with Crippen molar-refractivity contribution in [2.45, 2.75) is 6.18 Å². The maximum absolute atomic E-state index is 16.0. The Morgan fingerprint density at radius 3 is 1.22 bits per heavy atom. The van der Waals surface area contributed by atoms with Gasteiger partial charge in [-0.1, -0.05) is 170 Å². The van der Waals surface area contributed by atoms with Crippen LogP contribution in [-0.2, 0) is 6.18 Å². The van der Waals surface area contributed by atoms with Gasteiger partial charge in [0.1, 0.15) is 0 Å². The Morgan fingerprint density at radius 1 is 0.292 bits per heavy atom. The first-order valence-electron chi connectivity index (χ1n) is 23.7. The number of benzene rings is 10. The third-order valence-corrected chi connectivity index (χ3v) is 13.6. The molecule has 0 spiro atoms. The molecule has 0 bridgehead atoms. The fraction of sp³-hybridized carbons (Fsp3) is 0.0156. The summed E-state index contributed by atoms with van der Waals surface area (Å²) in [5.41, 5.74) is 10.5. The number of alkyl halides is 3. The second kappa shape index (κ2) is 17.2. The summed E-state index contributed by atoms with van der Waals surface area (Å²) >= 11 is 0. The quantitative estimate of drug-likeness (QED) is 0.153. The van der Waals surface area contributed by atoms with Crippen molar-refractivity contribution in [3.05, 3.63) is 248 Å². The largest absolute Gasteiger partial charge is 0.417 e. The van der Waals surface area contributed by atoms with Crippen molar-refractivity contribution in [3.63, 3.8) is 0 Å². The normalized spacial score (nSPS) is 11.8. The molecule has 5 nitrogen and oxygen atoms in total. The molecule has 0 radical (unpaired) electrons. The van der Waals surface area contributed by atoms with Crippen molar-refractivity contribution in [2.24, 2.45) is 0 Å². The Kier molecular flexibility index (Phi) is 10.2. The molecule has 3 aromatic heterocycles. The first-order chi connectivity index (χ1) is 35.3. The monoisotopic (exact) mass is 935 g/mol. The zero-order valence-electron chi connectivity index (χ0n) is 38.5.